The van der Waals surface area contributed by atoms with Gasteiger partial charge in [0.2, 0.25) is 0 Å². The fourth-order valence-electron chi connectivity index (χ4n) is 1.57. The molecule has 2 rings (SSSR count). The smallest absolute Gasteiger partial charge is 0.122 e. The van der Waals surface area contributed by atoms with Crippen LogP contribution in [0.1, 0.15) is 18.1 Å². The number of rotatable bonds is 2. The van der Waals surface area contributed by atoms with Gasteiger partial charge in [0.05, 0.1) is 6.61 Å². The Morgan fingerprint density at radius 2 is 2.36 bits per heavy atom. The minimum absolute atomic E-state index is 0.111. The zero-order valence-corrected chi connectivity index (χ0v) is 8.36. The van der Waals surface area contributed by atoms with Crippen molar-refractivity contribution in [2.75, 3.05) is 6.61 Å². The van der Waals surface area contributed by atoms with E-state index in [4.69, 9.17) is 10.5 Å². The molecule has 0 aromatic heterocycles. The summed E-state index contributed by atoms with van der Waals surface area (Å²) in [6.07, 6.45) is 5.08. The summed E-state index contributed by atoms with van der Waals surface area (Å²) in [7, 11) is 0. The Balaban J connectivity index is 2.20. The van der Waals surface area contributed by atoms with E-state index in [2.05, 4.69) is 18.2 Å². The molecule has 1 aliphatic heterocycles. The van der Waals surface area contributed by atoms with E-state index in [1.54, 1.807) is 0 Å². The molecule has 0 saturated heterocycles. The molecule has 1 heterocycles. The van der Waals surface area contributed by atoms with E-state index in [0.717, 1.165) is 18.8 Å². The summed E-state index contributed by atoms with van der Waals surface area (Å²) in [5, 5.41) is 0. The average molecular weight is 189 g/mol. The summed E-state index contributed by atoms with van der Waals surface area (Å²) in [5.74, 6) is 1.03. The van der Waals surface area contributed by atoms with Crippen LogP contribution < -0.4 is 10.5 Å². The maximum absolute atomic E-state index is 5.64. The molecular weight excluding hydrogens is 174 g/mol. The minimum atomic E-state index is 0.111. The third kappa shape index (κ3) is 1.96. The minimum Gasteiger partial charge on any atom is -0.493 e. The van der Waals surface area contributed by atoms with E-state index < -0.39 is 0 Å². The van der Waals surface area contributed by atoms with E-state index in [0.29, 0.717) is 0 Å². The van der Waals surface area contributed by atoms with E-state index >= 15 is 0 Å². The third-order valence-corrected chi connectivity index (χ3v) is 2.31. The lowest BCUT2D eigenvalue weighted by molar-refractivity contribution is 0.357. The summed E-state index contributed by atoms with van der Waals surface area (Å²) < 4.78 is 5.43. The molecule has 0 radical (unpaired) electrons. The highest BCUT2D eigenvalue weighted by atomic mass is 16.5. The Labute approximate surface area is 84.4 Å². The number of nitrogens with two attached hydrogens (primary N) is 1. The number of benzene rings is 1. The van der Waals surface area contributed by atoms with Crippen molar-refractivity contribution in [2.24, 2.45) is 5.73 Å². The first-order valence-electron chi connectivity index (χ1n) is 4.95. The molecule has 1 aromatic carbocycles. The highest BCUT2D eigenvalue weighted by Gasteiger charge is 2.10. The molecule has 0 saturated carbocycles. The summed E-state index contributed by atoms with van der Waals surface area (Å²) in [6, 6.07) is 6.37. The second kappa shape index (κ2) is 3.84. The van der Waals surface area contributed by atoms with Crippen LogP contribution in [-0.4, -0.2) is 12.6 Å². The van der Waals surface area contributed by atoms with Crippen molar-refractivity contribution in [3.05, 3.63) is 35.4 Å². The largest absolute Gasteiger partial charge is 0.493 e. The van der Waals surface area contributed by atoms with Crippen LogP contribution in [0.3, 0.4) is 0 Å². The fraction of sp³-hybridized carbons (Fsp3) is 0.333. The lowest BCUT2D eigenvalue weighted by Crippen LogP contribution is -2.09. The lowest BCUT2D eigenvalue weighted by Gasteiger charge is -2.00. The monoisotopic (exact) mass is 189 g/mol. The molecule has 1 unspecified atom stereocenters. The van der Waals surface area contributed by atoms with Gasteiger partial charge in [0.1, 0.15) is 5.75 Å². The van der Waals surface area contributed by atoms with E-state index in [1.807, 2.05) is 19.1 Å². The number of ether oxygens (including phenoxy) is 1. The molecule has 2 heteroatoms. The standard InChI is InChI=1S/C12H15NO/c1-9(13)2-3-10-4-5-12-11(8-10)6-7-14-12/h2-5,8-9H,6-7,13H2,1H3/b3-2+. The molecule has 2 nitrogen and oxygen atoms in total. The Morgan fingerprint density at radius 3 is 3.14 bits per heavy atom. The summed E-state index contributed by atoms with van der Waals surface area (Å²) >= 11 is 0. The van der Waals surface area contributed by atoms with Crippen LogP contribution in [0, 0.1) is 0 Å². The number of hydrogen-bond acceptors (Lipinski definition) is 2. The third-order valence-electron chi connectivity index (χ3n) is 2.31. The van der Waals surface area contributed by atoms with Gasteiger partial charge in [0, 0.05) is 12.5 Å². The second-order valence-electron chi connectivity index (χ2n) is 3.68. The van der Waals surface area contributed by atoms with Gasteiger partial charge >= 0.3 is 0 Å². The molecule has 74 valence electrons. The van der Waals surface area contributed by atoms with Crippen LogP contribution in [-0.2, 0) is 6.42 Å². The van der Waals surface area contributed by atoms with Crippen molar-refractivity contribution >= 4 is 6.08 Å². The highest BCUT2D eigenvalue weighted by molar-refractivity contribution is 5.54. The molecule has 0 amide bonds. The van der Waals surface area contributed by atoms with E-state index in [1.165, 1.54) is 11.1 Å². The van der Waals surface area contributed by atoms with Crippen LogP contribution in [0.4, 0.5) is 0 Å². The van der Waals surface area contributed by atoms with Crippen molar-refractivity contribution < 1.29 is 4.74 Å². The Kier molecular flexibility index (Phi) is 2.55. The molecular formula is C12H15NO. The van der Waals surface area contributed by atoms with Crippen LogP contribution in [0.5, 0.6) is 5.75 Å². The van der Waals surface area contributed by atoms with Gasteiger partial charge in [-0.2, -0.15) is 0 Å². The van der Waals surface area contributed by atoms with Gasteiger partial charge in [-0.25, -0.2) is 0 Å². The molecule has 0 bridgehead atoms. The summed E-state index contributed by atoms with van der Waals surface area (Å²) in [5.41, 5.74) is 8.14. The van der Waals surface area contributed by atoms with E-state index in [-0.39, 0.29) is 6.04 Å². The molecule has 14 heavy (non-hydrogen) atoms. The lowest BCUT2D eigenvalue weighted by atomic mass is 10.1. The van der Waals surface area contributed by atoms with Gasteiger partial charge in [0.15, 0.2) is 0 Å². The van der Waals surface area contributed by atoms with Crippen LogP contribution in [0.25, 0.3) is 6.08 Å². The van der Waals surface area contributed by atoms with Gasteiger partial charge in [-0.1, -0.05) is 18.2 Å². The molecule has 0 spiro atoms. The fourth-order valence-corrected chi connectivity index (χ4v) is 1.57. The van der Waals surface area contributed by atoms with Crippen LogP contribution in [0.2, 0.25) is 0 Å². The first kappa shape index (κ1) is 9.28. The maximum atomic E-state index is 5.64. The van der Waals surface area contributed by atoms with Crippen molar-refractivity contribution in [1.82, 2.24) is 0 Å². The number of fused-ring (bicyclic) bond motifs is 1. The molecule has 2 N–H and O–H groups in total. The van der Waals surface area contributed by atoms with Gasteiger partial charge in [-0.15, -0.1) is 0 Å². The van der Waals surface area contributed by atoms with Crippen LogP contribution in [0.15, 0.2) is 24.3 Å². The normalized spacial score (nSPS) is 16.7. The van der Waals surface area contributed by atoms with Gasteiger partial charge in [-0.05, 0) is 30.2 Å². The topological polar surface area (TPSA) is 35.2 Å². The van der Waals surface area contributed by atoms with Crippen molar-refractivity contribution in [2.45, 2.75) is 19.4 Å². The molecule has 0 aliphatic carbocycles. The predicted molar refractivity (Wildman–Crippen MR) is 58.3 cm³/mol. The van der Waals surface area contributed by atoms with Crippen molar-refractivity contribution in [3.8, 4) is 5.75 Å². The first-order valence-corrected chi connectivity index (χ1v) is 4.95. The predicted octanol–water partition coefficient (Wildman–Crippen LogP) is 1.98. The number of hydrogen-bond donors (Lipinski definition) is 1. The SMILES string of the molecule is CC(N)/C=C/c1ccc2c(c1)CCO2. The maximum Gasteiger partial charge on any atom is 0.122 e. The highest BCUT2D eigenvalue weighted by Crippen LogP contribution is 2.26. The Morgan fingerprint density at radius 1 is 1.50 bits per heavy atom. The zero-order valence-electron chi connectivity index (χ0n) is 8.36. The summed E-state index contributed by atoms with van der Waals surface area (Å²) in [4.78, 5) is 0. The second-order valence-corrected chi connectivity index (χ2v) is 3.68. The van der Waals surface area contributed by atoms with Crippen molar-refractivity contribution in [3.63, 3.8) is 0 Å². The molecule has 1 aromatic rings. The summed E-state index contributed by atoms with van der Waals surface area (Å²) in [6.45, 7) is 2.78. The quantitative estimate of drug-likeness (QED) is 0.772. The van der Waals surface area contributed by atoms with Gasteiger partial charge in [0.25, 0.3) is 0 Å². The first-order chi connectivity index (χ1) is 6.75. The molecule has 1 aliphatic rings. The Hall–Kier alpha value is -1.28. The Bertz CT molecular complexity index is 355. The zero-order chi connectivity index (χ0) is 9.97. The molecule has 0 fully saturated rings. The van der Waals surface area contributed by atoms with Crippen molar-refractivity contribution in [1.29, 1.82) is 0 Å². The molecule has 1 atom stereocenters. The van der Waals surface area contributed by atoms with Crippen LogP contribution >= 0.6 is 0 Å². The average Bonchev–Trinajstić information content (AvgIpc) is 2.61. The van der Waals surface area contributed by atoms with Gasteiger partial charge in [-0.3, -0.25) is 0 Å². The van der Waals surface area contributed by atoms with E-state index in [9.17, 15) is 0 Å². The van der Waals surface area contributed by atoms with Gasteiger partial charge < -0.3 is 10.5 Å².